The summed E-state index contributed by atoms with van der Waals surface area (Å²) in [5.41, 5.74) is 2.24. The maximum Gasteiger partial charge on any atom is 0.282 e. The van der Waals surface area contributed by atoms with E-state index in [1.807, 2.05) is 6.92 Å². The molecule has 0 saturated carbocycles. The summed E-state index contributed by atoms with van der Waals surface area (Å²) in [5, 5.41) is 9.11. The highest BCUT2D eigenvalue weighted by atomic mass is 35.5. The summed E-state index contributed by atoms with van der Waals surface area (Å²) in [6.07, 6.45) is -0.727. The molecule has 35 heavy (non-hydrogen) atoms. The van der Waals surface area contributed by atoms with E-state index in [0.29, 0.717) is 46.9 Å². The zero-order valence-corrected chi connectivity index (χ0v) is 20.5. The van der Waals surface area contributed by atoms with Crippen molar-refractivity contribution in [3.05, 3.63) is 68.2 Å². The second-order valence-corrected chi connectivity index (χ2v) is 9.67. The number of carbonyl (C=O) groups is 2. The van der Waals surface area contributed by atoms with Crippen LogP contribution in [0, 0.1) is 0 Å². The summed E-state index contributed by atoms with van der Waals surface area (Å²) in [7, 11) is 1.57. The van der Waals surface area contributed by atoms with Gasteiger partial charge in [0, 0.05) is 55.5 Å². The van der Waals surface area contributed by atoms with Gasteiger partial charge in [-0.2, -0.15) is 10.2 Å². The molecule has 3 aromatic rings. The second kappa shape index (κ2) is 8.91. The van der Waals surface area contributed by atoms with E-state index in [4.69, 9.17) is 23.2 Å². The van der Waals surface area contributed by atoms with Crippen LogP contribution in [-0.2, 0) is 33.1 Å². The zero-order chi connectivity index (χ0) is 25.0. The maximum atomic E-state index is 13.5. The number of carbonyl (C=O) groups excluding carboxylic acids is 2. The summed E-state index contributed by atoms with van der Waals surface area (Å²) < 4.78 is 29.8. The molecule has 0 N–H and O–H groups in total. The normalized spacial score (nSPS) is 17.7. The van der Waals surface area contributed by atoms with E-state index in [0.717, 1.165) is 5.69 Å². The summed E-state index contributed by atoms with van der Waals surface area (Å²) in [6, 6.07) is 4.58. The van der Waals surface area contributed by atoms with E-state index in [-0.39, 0.29) is 41.7 Å². The molecule has 5 rings (SSSR count). The fraction of sp³-hybridized carbons (Fsp3) is 0.391. The van der Waals surface area contributed by atoms with E-state index < -0.39 is 6.43 Å². The minimum Gasteiger partial charge on any atom is -0.331 e. The quantitative estimate of drug-likeness (QED) is 0.516. The van der Waals surface area contributed by atoms with E-state index in [9.17, 15) is 18.4 Å². The minimum absolute atomic E-state index is 0.0224. The van der Waals surface area contributed by atoms with Gasteiger partial charge in [0.25, 0.3) is 18.2 Å². The minimum atomic E-state index is -2.73. The van der Waals surface area contributed by atoms with Crippen LogP contribution < -0.4 is 0 Å². The lowest BCUT2D eigenvalue weighted by atomic mass is 9.97. The van der Waals surface area contributed by atoms with Gasteiger partial charge in [0.1, 0.15) is 11.4 Å². The molecule has 0 radical (unpaired) electrons. The Morgan fingerprint density at radius 3 is 2.69 bits per heavy atom. The average molecular weight is 523 g/mol. The molecule has 2 aliphatic heterocycles. The molecule has 4 heterocycles. The van der Waals surface area contributed by atoms with Gasteiger partial charge in [0.05, 0.1) is 28.8 Å². The topological polar surface area (TPSA) is 76.3 Å². The number of aromatic nitrogens is 4. The first-order chi connectivity index (χ1) is 16.6. The number of rotatable bonds is 4. The number of halogens is 4. The Morgan fingerprint density at radius 2 is 1.97 bits per heavy atom. The van der Waals surface area contributed by atoms with Crippen LogP contribution in [0.5, 0.6) is 0 Å². The highest BCUT2D eigenvalue weighted by Gasteiger charge is 2.37. The SMILES string of the molecule is C[C@@H]1Cc2nn3c(c2CN1C(=O)c1ccc(Cl)c(Cl)c1)C(=O)N(Cc1cn(C)nc1C(F)F)CC3. The van der Waals surface area contributed by atoms with E-state index >= 15 is 0 Å². The van der Waals surface area contributed by atoms with Crippen molar-refractivity contribution in [3.63, 3.8) is 0 Å². The van der Waals surface area contributed by atoms with Crippen LogP contribution in [0.4, 0.5) is 8.78 Å². The number of fused-ring (bicyclic) bond motifs is 3. The molecule has 0 fully saturated rings. The number of amides is 2. The highest BCUT2D eigenvalue weighted by Crippen LogP contribution is 2.32. The van der Waals surface area contributed by atoms with Crippen molar-refractivity contribution in [2.45, 2.75) is 45.4 Å². The number of hydrogen-bond acceptors (Lipinski definition) is 4. The molecule has 2 aliphatic rings. The number of nitrogens with zero attached hydrogens (tertiary/aromatic N) is 6. The Hall–Kier alpha value is -2.98. The first-order valence-corrected chi connectivity index (χ1v) is 11.8. The molecular formula is C23H22Cl2F2N6O2. The van der Waals surface area contributed by atoms with Crippen LogP contribution in [0.2, 0.25) is 10.0 Å². The Kier molecular flexibility index (Phi) is 6.04. The molecule has 8 nitrogen and oxygen atoms in total. The van der Waals surface area contributed by atoms with E-state index in [2.05, 4.69) is 10.2 Å². The molecule has 184 valence electrons. The van der Waals surface area contributed by atoms with Gasteiger partial charge in [-0.3, -0.25) is 19.0 Å². The summed E-state index contributed by atoms with van der Waals surface area (Å²) in [5.74, 6) is -0.524. The third-order valence-corrected chi connectivity index (χ3v) is 7.23. The Balaban J connectivity index is 1.43. The number of aryl methyl sites for hydroxylation is 1. The molecule has 1 atom stereocenters. The Morgan fingerprint density at radius 1 is 1.20 bits per heavy atom. The molecule has 0 saturated heterocycles. The van der Waals surface area contributed by atoms with Crippen molar-refractivity contribution in [1.82, 2.24) is 29.4 Å². The standard InChI is InChI=1S/C23H22Cl2F2N6O2/c1-12-7-18-15(11-32(12)22(34)13-3-4-16(24)17(25)8-13)20-23(35)31(5-6-33(20)28-18)10-14-9-30(2)29-19(14)21(26)27/h3-4,8-9,12,21H,5-7,10-11H2,1-2H3/t12-/m1/s1. The van der Waals surface area contributed by atoms with Crippen LogP contribution in [0.1, 0.15) is 56.7 Å². The van der Waals surface area contributed by atoms with Crippen LogP contribution >= 0.6 is 23.2 Å². The smallest absolute Gasteiger partial charge is 0.282 e. The molecule has 0 spiro atoms. The summed E-state index contributed by atoms with van der Waals surface area (Å²) in [6.45, 7) is 2.94. The summed E-state index contributed by atoms with van der Waals surface area (Å²) in [4.78, 5) is 30.0. The Labute approximate surface area is 210 Å². The molecule has 12 heteroatoms. The van der Waals surface area contributed by atoms with Crippen molar-refractivity contribution in [2.75, 3.05) is 6.54 Å². The van der Waals surface area contributed by atoms with Gasteiger partial charge in [-0.1, -0.05) is 23.2 Å². The molecule has 0 aliphatic carbocycles. The molecule has 2 aromatic heterocycles. The molecule has 0 bridgehead atoms. The van der Waals surface area contributed by atoms with Gasteiger partial charge in [-0.05, 0) is 25.1 Å². The van der Waals surface area contributed by atoms with Crippen LogP contribution in [0.25, 0.3) is 0 Å². The first kappa shape index (κ1) is 23.7. The van der Waals surface area contributed by atoms with Crippen molar-refractivity contribution in [2.24, 2.45) is 7.05 Å². The second-order valence-electron chi connectivity index (χ2n) is 8.85. The lowest BCUT2D eigenvalue weighted by molar-refractivity contribution is 0.0636. The maximum absolute atomic E-state index is 13.5. The summed E-state index contributed by atoms with van der Waals surface area (Å²) >= 11 is 12.1. The lowest BCUT2D eigenvalue weighted by Crippen LogP contribution is -2.44. The molecule has 2 amide bonds. The number of hydrogen-bond donors (Lipinski definition) is 0. The van der Waals surface area contributed by atoms with Gasteiger partial charge in [0.2, 0.25) is 0 Å². The van der Waals surface area contributed by atoms with Crippen molar-refractivity contribution in [1.29, 1.82) is 0 Å². The largest absolute Gasteiger partial charge is 0.331 e. The van der Waals surface area contributed by atoms with Gasteiger partial charge >= 0.3 is 0 Å². The molecular weight excluding hydrogens is 501 g/mol. The van der Waals surface area contributed by atoms with Crippen molar-refractivity contribution in [3.8, 4) is 0 Å². The average Bonchev–Trinajstić information content (AvgIpc) is 3.36. The lowest BCUT2D eigenvalue weighted by Gasteiger charge is -2.34. The molecule has 1 aromatic carbocycles. The molecule has 0 unspecified atom stereocenters. The van der Waals surface area contributed by atoms with Crippen LogP contribution in [-0.4, -0.2) is 53.8 Å². The van der Waals surface area contributed by atoms with Crippen molar-refractivity contribution < 1.29 is 18.4 Å². The van der Waals surface area contributed by atoms with Gasteiger partial charge in [0.15, 0.2) is 0 Å². The highest BCUT2D eigenvalue weighted by molar-refractivity contribution is 6.42. The third-order valence-electron chi connectivity index (χ3n) is 6.49. The zero-order valence-electron chi connectivity index (χ0n) is 19.0. The Bertz CT molecular complexity index is 1340. The predicted molar refractivity (Wildman–Crippen MR) is 125 cm³/mol. The third kappa shape index (κ3) is 4.18. The fourth-order valence-corrected chi connectivity index (χ4v) is 5.04. The van der Waals surface area contributed by atoms with Crippen molar-refractivity contribution >= 4 is 35.0 Å². The first-order valence-electron chi connectivity index (χ1n) is 11.1. The van der Waals surface area contributed by atoms with Crippen LogP contribution in [0.3, 0.4) is 0 Å². The number of benzene rings is 1. The van der Waals surface area contributed by atoms with Crippen LogP contribution in [0.15, 0.2) is 24.4 Å². The number of alkyl halides is 2. The van der Waals surface area contributed by atoms with Gasteiger partial charge in [-0.15, -0.1) is 0 Å². The monoisotopic (exact) mass is 522 g/mol. The fourth-order valence-electron chi connectivity index (χ4n) is 4.75. The predicted octanol–water partition coefficient (Wildman–Crippen LogP) is 4.10. The van der Waals surface area contributed by atoms with Gasteiger partial charge < -0.3 is 9.80 Å². The van der Waals surface area contributed by atoms with E-state index in [1.54, 1.807) is 28.8 Å². The van der Waals surface area contributed by atoms with E-state index in [1.165, 1.54) is 21.8 Å². The van der Waals surface area contributed by atoms with Gasteiger partial charge in [-0.25, -0.2) is 8.78 Å².